The molecule has 1 saturated heterocycles. The highest BCUT2D eigenvalue weighted by Crippen LogP contribution is 2.52. The smallest absolute Gasteiger partial charge is 0.250 e. The molecule has 2 N–H and O–H groups in total. The maximum Gasteiger partial charge on any atom is 0.250 e. The number of nitrogens with zero attached hydrogens (tertiary/aromatic N) is 3. The minimum atomic E-state index is -0.0851. The highest BCUT2D eigenvalue weighted by molar-refractivity contribution is 8.05. The Morgan fingerprint density at radius 2 is 1.88 bits per heavy atom. The molecule has 2 aliphatic rings. The Morgan fingerprint density at radius 1 is 1.02 bits per heavy atom. The lowest BCUT2D eigenvalue weighted by Crippen LogP contribution is -2.36. The first-order valence-corrected chi connectivity index (χ1v) is 15.6. The molecule has 4 aromatic rings. The number of nitrogens with one attached hydrogen (secondary N) is 2. The highest BCUT2D eigenvalue weighted by Gasteiger charge is 2.23. The Bertz CT molecular complexity index is 1580. The van der Waals surface area contributed by atoms with Crippen LogP contribution in [0.5, 0.6) is 0 Å². The van der Waals surface area contributed by atoms with Gasteiger partial charge >= 0.3 is 0 Å². The first-order valence-electron chi connectivity index (χ1n) is 14.0. The Morgan fingerprint density at radius 3 is 2.66 bits per heavy atom. The topological polar surface area (TPSA) is 73.5 Å². The van der Waals surface area contributed by atoms with Gasteiger partial charge in [-0.2, -0.15) is 0 Å². The van der Waals surface area contributed by atoms with E-state index in [1.165, 1.54) is 19.6 Å². The fourth-order valence-corrected chi connectivity index (χ4v) is 7.56. The van der Waals surface area contributed by atoms with Gasteiger partial charge in [-0.05, 0) is 75.9 Å². The molecule has 0 saturated carbocycles. The summed E-state index contributed by atoms with van der Waals surface area (Å²) in [4.78, 5) is 29.7. The summed E-state index contributed by atoms with van der Waals surface area (Å²) < 4.78 is 5.51. The van der Waals surface area contributed by atoms with Gasteiger partial charge in [0, 0.05) is 61.9 Å². The predicted octanol–water partition coefficient (Wildman–Crippen LogP) is 6.30. The minimum Gasteiger partial charge on any atom is -0.378 e. The Balaban J connectivity index is 1.26. The number of anilines is 2. The van der Waals surface area contributed by atoms with Crippen molar-refractivity contribution in [3.05, 3.63) is 88.5 Å². The van der Waals surface area contributed by atoms with E-state index in [-0.39, 0.29) is 11.6 Å². The molecule has 1 fully saturated rings. The second-order valence-electron chi connectivity index (χ2n) is 10.8. The molecule has 9 heteroatoms. The molecule has 0 aliphatic carbocycles. The molecule has 1 unspecified atom stereocenters. The molecule has 6 rings (SSSR count). The van der Waals surface area contributed by atoms with Crippen molar-refractivity contribution in [2.24, 2.45) is 0 Å². The third kappa shape index (κ3) is 6.48. The number of rotatable bonds is 8. The van der Waals surface area contributed by atoms with Gasteiger partial charge in [-0.25, -0.2) is 0 Å². The summed E-state index contributed by atoms with van der Waals surface area (Å²) >= 11 is 3.55. The fraction of sp³-hybridized carbons (Fsp3) is 0.312. The number of hydrogen-bond donors (Lipinski definition) is 2. The van der Waals surface area contributed by atoms with Gasteiger partial charge in [0.1, 0.15) is 0 Å². The lowest BCUT2D eigenvalue weighted by molar-refractivity contribution is 0.122. The van der Waals surface area contributed by atoms with Crippen molar-refractivity contribution in [1.29, 1.82) is 0 Å². The molecule has 0 amide bonds. The third-order valence-electron chi connectivity index (χ3n) is 7.35. The van der Waals surface area contributed by atoms with Crippen molar-refractivity contribution in [3.8, 4) is 11.3 Å². The van der Waals surface area contributed by atoms with Crippen LogP contribution in [0.25, 0.3) is 11.3 Å². The summed E-state index contributed by atoms with van der Waals surface area (Å²) in [5.74, 6) is 0. The molecule has 4 heterocycles. The lowest BCUT2D eigenvalue weighted by atomic mass is 10.1. The van der Waals surface area contributed by atoms with E-state index in [1.807, 2.05) is 6.20 Å². The van der Waals surface area contributed by atoms with Crippen LogP contribution in [0.2, 0.25) is 0 Å². The van der Waals surface area contributed by atoms with Crippen LogP contribution in [0.3, 0.4) is 0 Å². The van der Waals surface area contributed by atoms with E-state index in [9.17, 15) is 4.79 Å². The summed E-state index contributed by atoms with van der Waals surface area (Å²) in [5, 5.41) is 3.76. The summed E-state index contributed by atoms with van der Waals surface area (Å²) in [6, 6.07) is 21.1. The largest absolute Gasteiger partial charge is 0.378 e. The van der Waals surface area contributed by atoms with Crippen LogP contribution in [0, 0.1) is 6.92 Å². The molecule has 212 valence electrons. The Labute approximate surface area is 249 Å². The van der Waals surface area contributed by atoms with Crippen LogP contribution >= 0.6 is 23.5 Å². The van der Waals surface area contributed by atoms with Crippen LogP contribution in [-0.2, 0) is 4.74 Å². The zero-order valence-electron chi connectivity index (χ0n) is 23.6. The molecular weight excluding hydrogens is 551 g/mol. The molecule has 2 aliphatic heterocycles. The Hall–Kier alpha value is -3.24. The van der Waals surface area contributed by atoms with Gasteiger partial charge in [0.05, 0.1) is 30.6 Å². The fourth-order valence-electron chi connectivity index (χ4n) is 5.15. The molecule has 2 aromatic heterocycles. The SMILES string of the molecule is Cc1ccc(C(CCN(C)C)Nc2ccc3c(c2)Sc2cccc(-c4cc(N5CCOCC5)cc(=O)[nH]4)c2S3)nc1. The minimum absolute atomic E-state index is 0.0851. The lowest BCUT2D eigenvalue weighted by Gasteiger charge is -2.29. The number of ether oxygens (including phenoxy) is 1. The van der Waals surface area contributed by atoms with E-state index in [1.54, 1.807) is 29.6 Å². The van der Waals surface area contributed by atoms with Crippen LogP contribution in [-0.4, -0.2) is 61.8 Å². The van der Waals surface area contributed by atoms with E-state index in [0.29, 0.717) is 13.2 Å². The van der Waals surface area contributed by atoms with Gasteiger partial charge in [0.15, 0.2) is 0 Å². The maximum absolute atomic E-state index is 12.7. The van der Waals surface area contributed by atoms with E-state index in [4.69, 9.17) is 9.72 Å². The third-order valence-corrected chi connectivity index (χ3v) is 9.94. The van der Waals surface area contributed by atoms with Gasteiger partial charge in [-0.1, -0.05) is 41.7 Å². The summed E-state index contributed by atoms with van der Waals surface area (Å²) in [6.07, 6.45) is 2.90. The van der Waals surface area contributed by atoms with Gasteiger partial charge in [-0.3, -0.25) is 9.78 Å². The zero-order chi connectivity index (χ0) is 28.3. The average molecular weight is 586 g/mol. The van der Waals surface area contributed by atoms with E-state index >= 15 is 0 Å². The van der Waals surface area contributed by atoms with E-state index < -0.39 is 0 Å². The second kappa shape index (κ2) is 12.3. The molecule has 1 atom stereocenters. The van der Waals surface area contributed by atoms with Gasteiger partial charge in [-0.15, -0.1) is 0 Å². The summed E-state index contributed by atoms with van der Waals surface area (Å²) in [7, 11) is 4.21. The highest BCUT2D eigenvalue weighted by atomic mass is 32.2. The van der Waals surface area contributed by atoms with Crippen molar-refractivity contribution in [2.75, 3.05) is 57.2 Å². The van der Waals surface area contributed by atoms with E-state index in [0.717, 1.165) is 59.9 Å². The Kier molecular flexibility index (Phi) is 8.39. The number of aromatic nitrogens is 2. The monoisotopic (exact) mass is 585 g/mol. The normalized spacial score (nSPS) is 15.4. The quantitative estimate of drug-likeness (QED) is 0.220. The number of hydrogen-bond acceptors (Lipinski definition) is 8. The van der Waals surface area contributed by atoms with Crippen LogP contribution in [0.15, 0.2) is 91.2 Å². The maximum atomic E-state index is 12.7. The van der Waals surface area contributed by atoms with Crippen molar-refractivity contribution in [1.82, 2.24) is 14.9 Å². The summed E-state index contributed by atoms with van der Waals surface area (Å²) in [5.41, 5.74) is 6.07. The van der Waals surface area contributed by atoms with Gasteiger partial charge < -0.3 is 24.8 Å². The second-order valence-corrected chi connectivity index (χ2v) is 12.9. The van der Waals surface area contributed by atoms with Crippen LogP contribution in [0.4, 0.5) is 11.4 Å². The van der Waals surface area contributed by atoms with Gasteiger partial charge in [0.2, 0.25) is 5.56 Å². The number of benzene rings is 2. The first-order chi connectivity index (χ1) is 19.9. The number of H-pyrrole nitrogens is 1. The number of aryl methyl sites for hydroxylation is 1. The summed E-state index contributed by atoms with van der Waals surface area (Å²) in [6.45, 7) is 5.98. The molecule has 0 spiro atoms. The number of pyridine rings is 2. The van der Waals surface area contributed by atoms with E-state index in [2.05, 4.69) is 95.7 Å². The zero-order valence-corrected chi connectivity index (χ0v) is 25.3. The molecule has 41 heavy (non-hydrogen) atoms. The standard InChI is InChI=1S/C32H35N5O2S2/c1-21-7-9-25(33-20-21)26(11-12-36(2)3)34-22-8-10-28-30(17-22)40-29-6-4-5-24(32(29)41-28)27-18-23(19-31(38)35-27)37-13-15-39-16-14-37/h4-10,17-20,26,34H,11-16H2,1-3H3,(H,35,38). The van der Waals surface area contributed by atoms with Crippen molar-refractivity contribution >= 4 is 34.9 Å². The molecule has 7 nitrogen and oxygen atoms in total. The van der Waals surface area contributed by atoms with Crippen LogP contribution in [0.1, 0.15) is 23.7 Å². The number of fused-ring (bicyclic) bond motifs is 2. The van der Waals surface area contributed by atoms with Crippen molar-refractivity contribution in [3.63, 3.8) is 0 Å². The van der Waals surface area contributed by atoms with Gasteiger partial charge in [0.25, 0.3) is 0 Å². The molecule has 0 radical (unpaired) electrons. The number of aromatic amines is 1. The molecular formula is C32H35N5O2S2. The van der Waals surface area contributed by atoms with Crippen molar-refractivity contribution in [2.45, 2.75) is 39.0 Å². The van der Waals surface area contributed by atoms with Crippen LogP contribution < -0.4 is 15.8 Å². The first kappa shape index (κ1) is 27.9. The predicted molar refractivity (Wildman–Crippen MR) is 169 cm³/mol. The molecule has 0 bridgehead atoms. The average Bonchev–Trinajstić information content (AvgIpc) is 2.98. The molecule has 2 aromatic carbocycles. The van der Waals surface area contributed by atoms with Crippen molar-refractivity contribution < 1.29 is 4.74 Å². The number of morpholine rings is 1.